The molecule has 5 aromatic rings. The molecule has 11 heteroatoms. The Morgan fingerprint density at radius 1 is 1.15 bits per heavy atom. The molecule has 2 aromatic carbocycles. The number of aromatic hydroxyl groups is 1. The van der Waals surface area contributed by atoms with Crippen molar-refractivity contribution in [3.05, 3.63) is 60.8 Å². The van der Waals surface area contributed by atoms with Crippen molar-refractivity contribution in [1.29, 1.82) is 0 Å². The number of carbonyl (C=O) groups excluding carboxylic acids is 1. The first-order valence-corrected chi connectivity index (χ1v) is 10.6. The van der Waals surface area contributed by atoms with Gasteiger partial charge in [0.05, 0.1) is 11.7 Å². The maximum absolute atomic E-state index is 11.4. The smallest absolute Gasteiger partial charge is 0.221 e. The fourth-order valence-corrected chi connectivity index (χ4v) is 4.20. The lowest BCUT2D eigenvalue weighted by molar-refractivity contribution is -0.114. The third-order valence-electron chi connectivity index (χ3n) is 4.73. The lowest BCUT2D eigenvalue weighted by Gasteiger charge is -2.09. The van der Waals surface area contributed by atoms with Gasteiger partial charge in [0.15, 0.2) is 17.3 Å². The van der Waals surface area contributed by atoms with Gasteiger partial charge in [-0.25, -0.2) is 14.6 Å². The van der Waals surface area contributed by atoms with E-state index in [1.165, 1.54) is 18.7 Å². The van der Waals surface area contributed by atoms with Crippen LogP contribution in [0.3, 0.4) is 0 Å². The SMILES string of the molecule is CC(=O)Nc1cccc(Sc2cc3c(cn2)nc(-c2nonc2N)n3-c2ccc(O)cc2)c1. The minimum atomic E-state index is -0.136. The normalized spacial score (nSPS) is 11.1. The monoisotopic (exact) mass is 459 g/mol. The minimum Gasteiger partial charge on any atom is -0.508 e. The van der Waals surface area contributed by atoms with E-state index < -0.39 is 0 Å². The number of pyridine rings is 1. The van der Waals surface area contributed by atoms with Gasteiger partial charge in [-0.2, -0.15) is 0 Å². The van der Waals surface area contributed by atoms with E-state index in [-0.39, 0.29) is 17.5 Å². The van der Waals surface area contributed by atoms with Crippen molar-refractivity contribution in [3.63, 3.8) is 0 Å². The molecule has 0 fully saturated rings. The number of benzene rings is 2. The number of nitrogens with two attached hydrogens (primary N) is 1. The molecule has 0 atom stereocenters. The summed E-state index contributed by atoms with van der Waals surface area (Å²) in [7, 11) is 0. The fourth-order valence-electron chi connectivity index (χ4n) is 3.35. The zero-order valence-corrected chi connectivity index (χ0v) is 18.1. The number of amides is 1. The highest BCUT2D eigenvalue weighted by atomic mass is 32.2. The highest BCUT2D eigenvalue weighted by molar-refractivity contribution is 7.99. The largest absolute Gasteiger partial charge is 0.508 e. The molecule has 0 saturated heterocycles. The summed E-state index contributed by atoms with van der Waals surface area (Å²) < 4.78 is 6.63. The van der Waals surface area contributed by atoms with Crippen molar-refractivity contribution in [2.75, 3.05) is 11.1 Å². The molecule has 3 heterocycles. The standard InChI is InChI=1S/C22H17N7O3S/c1-12(30)25-13-3-2-4-16(9-13)33-19-10-18-17(11-24-19)26-22(20-21(23)28-32-27-20)29(18)14-5-7-15(31)8-6-14/h2-11,31H,1H3,(H2,23,28)(H,25,30). The van der Waals surface area contributed by atoms with Gasteiger partial charge >= 0.3 is 0 Å². The summed E-state index contributed by atoms with van der Waals surface area (Å²) in [5.41, 5.74) is 9.06. The van der Waals surface area contributed by atoms with E-state index in [0.717, 1.165) is 21.1 Å². The molecule has 33 heavy (non-hydrogen) atoms. The second-order valence-corrected chi connectivity index (χ2v) is 8.20. The molecule has 0 spiro atoms. The zero-order valence-electron chi connectivity index (χ0n) is 17.3. The minimum absolute atomic E-state index is 0.114. The highest BCUT2D eigenvalue weighted by Crippen LogP contribution is 2.34. The molecular formula is C22H17N7O3S. The summed E-state index contributed by atoms with van der Waals surface area (Å²) in [5, 5.41) is 20.8. The van der Waals surface area contributed by atoms with Crippen LogP contribution in [0.4, 0.5) is 11.5 Å². The van der Waals surface area contributed by atoms with Crippen LogP contribution >= 0.6 is 11.8 Å². The third kappa shape index (κ3) is 4.08. The molecule has 0 radical (unpaired) electrons. The van der Waals surface area contributed by atoms with Gasteiger partial charge in [-0.15, -0.1) is 0 Å². The average Bonchev–Trinajstić information content (AvgIpc) is 3.37. The molecule has 3 aromatic heterocycles. The van der Waals surface area contributed by atoms with Gasteiger partial charge in [0.1, 0.15) is 16.3 Å². The first-order chi connectivity index (χ1) is 16.0. The topological polar surface area (TPSA) is 145 Å². The number of phenolic OH excluding ortho intramolecular Hbond substituents is 1. The number of anilines is 2. The number of imidazole rings is 1. The van der Waals surface area contributed by atoms with Gasteiger partial charge in [0.25, 0.3) is 0 Å². The summed E-state index contributed by atoms with van der Waals surface area (Å²) in [6, 6.07) is 16.1. The van der Waals surface area contributed by atoms with E-state index in [2.05, 4.69) is 25.6 Å². The van der Waals surface area contributed by atoms with Crippen LogP contribution in [0.15, 0.2) is 75.3 Å². The molecule has 5 rings (SSSR count). The van der Waals surface area contributed by atoms with Crippen LogP contribution in [-0.4, -0.2) is 35.9 Å². The Kier molecular flexibility index (Phi) is 5.15. The molecular weight excluding hydrogens is 442 g/mol. The average molecular weight is 459 g/mol. The second-order valence-electron chi connectivity index (χ2n) is 7.11. The molecule has 0 aliphatic carbocycles. The van der Waals surface area contributed by atoms with E-state index in [1.54, 1.807) is 30.5 Å². The summed E-state index contributed by atoms with van der Waals surface area (Å²) in [4.78, 5) is 21.5. The Morgan fingerprint density at radius 3 is 2.70 bits per heavy atom. The van der Waals surface area contributed by atoms with Crippen LogP contribution in [0.2, 0.25) is 0 Å². The predicted octanol–water partition coefficient (Wildman–Crippen LogP) is 3.87. The van der Waals surface area contributed by atoms with Crippen LogP contribution in [-0.2, 0) is 4.79 Å². The number of nitrogens with one attached hydrogen (secondary N) is 1. The molecule has 4 N–H and O–H groups in total. The summed E-state index contributed by atoms with van der Waals surface area (Å²) >= 11 is 1.45. The Bertz CT molecular complexity index is 1480. The predicted molar refractivity (Wildman–Crippen MR) is 123 cm³/mol. The number of carbonyl (C=O) groups is 1. The molecule has 0 unspecified atom stereocenters. The van der Waals surface area contributed by atoms with Gasteiger partial charge < -0.3 is 16.2 Å². The van der Waals surface area contributed by atoms with Gasteiger partial charge in [0.2, 0.25) is 5.91 Å². The third-order valence-corrected chi connectivity index (χ3v) is 5.65. The summed E-state index contributed by atoms with van der Waals surface area (Å²) in [5.74, 6) is 0.557. The number of rotatable bonds is 5. The Morgan fingerprint density at radius 2 is 1.97 bits per heavy atom. The number of phenols is 1. The Balaban J connectivity index is 1.61. The molecule has 164 valence electrons. The number of aromatic nitrogens is 5. The van der Waals surface area contributed by atoms with E-state index >= 15 is 0 Å². The lowest BCUT2D eigenvalue weighted by Crippen LogP contribution is -2.05. The van der Waals surface area contributed by atoms with Crippen molar-refractivity contribution < 1.29 is 14.5 Å². The van der Waals surface area contributed by atoms with Gasteiger partial charge in [-0.1, -0.05) is 17.8 Å². The van der Waals surface area contributed by atoms with E-state index in [4.69, 9.17) is 10.4 Å². The molecule has 1 amide bonds. The number of hydrogen-bond donors (Lipinski definition) is 3. The lowest BCUT2D eigenvalue weighted by atomic mass is 10.2. The molecule has 0 saturated carbocycles. The van der Waals surface area contributed by atoms with Gasteiger partial charge in [-0.3, -0.25) is 9.36 Å². The quantitative estimate of drug-likeness (QED) is 0.356. The Labute approximate surface area is 191 Å². The van der Waals surface area contributed by atoms with Gasteiger partial charge in [-0.05, 0) is 58.8 Å². The van der Waals surface area contributed by atoms with Crippen LogP contribution in [0.5, 0.6) is 5.75 Å². The molecule has 10 nitrogen and oxygen atoms in total. The molecule has 0 aliphatic heterocycles. The fraction of sp³-hybridized carbons (Fsp3) is 0.0455. The van der Waals surface area contributed by atoms with E-state index in [9.17, 15) is 9.90 Å². The highest BCUT2D eigenvalue weighted by Gasteiger charge is 2.21. The summed E-state index contributed by atoms with van der Waals surface area (Å²) in [6.45, 7) is 1.47. The molecule has 0 bridgehead atoms. The van der Waals surface area contributed by atoms with Crippen molar-refractivity contribution in [2.24, 2.45) is 0 Å². The zero-order chi connectivity index (χ0) is 22.9. The van der Waals surface area contributed by atoms with Crippen molar-refractivity contribution in [2.45, 2.75) is 16.8 Å². The number of hydrogen-bond acceptors (Lipinski definition) is 9. The van der Waals surface area contributed by atoms with Crippen LogP contribution in [0, 0.1) is 0 Å². The van der Waals surface area contributed by atoms with Crippen molar-refractivity contribution in [3.8, 4) is 23.0 Å². The maximum atomic E-state index is 11.4. The Hall–Kier alpha value is -4.38. The first-order valence-electron chi connectivity index (χ1n) is 9.80. The van der Waals surface area contributed by atoms with E-state index in [0.29, 0.717) is 22.7 Å². The van der Waals surface area contributed by atoms with Crippen molar-refractivity contribution >= 4 is 40.2 Å². The number of nitrogens with zero attached hydrogens (tertiary/aromatic N) is 5. The number of fused-ring (bicyclic) bond motifs is 1. The van der Waals surface area contributed by atoms with Crippen LogP contribution < -0.4 is 11.1 Å². The second kappa shape index (κ2) is 8.28. The van der Waals surface area contributed by atoms with E-state index in [1.807, 2.05) is 34.9 Å². The van der Waals surface area contributed by atoms with Crippen molar-refractivity contribution in [1.82, 2.24) is 24.8 Å². The summed E-state index contributed by atoms with van der Waals surface area (Å²) in [6.07, 6.45) is 1.67. The van der Waals surface area contributed by atoms with Gasteiger partial charge in [0, 0.05) is 23.2 Å². The first kappa shape index (κ1) is 20.5. The van der Waals surface area contributed by atoms with Crippen LogP contribution in [0.25, 0.3) is 28.2 Å². The number of nitrogen functional groups attached to an aromatic ring is 1. The van der Waals surface area contributed by atoms with Crippen LogP contribution in [0.1, 0.15) is 6.92 Å². The maximum Gasteiger partial charge on any atom is 0.221 e. The molecule has 0 aliphatic rings.